The summed E-state index contributed by atoms with van der Waals surface area (Å²) >= 11 is 0. The second-order valence-electron chi connectivity index (χ2n) is 5.98. The number of ether oxygens (including phenoxy) is 3. The van der Waals surface area contributed by atoms with Crippen LogP contribution in [0, 0.1) is 0 Å². The van der Waals surface area contributed by atoms with E-state index in [2.05, 4.69) is 5.32 Å². The predicted octanol–water partition coefficient (Wildman–Crippen LogP) is 2.64. The van der Waals surface area contributed by atoms with Gasteiger partial charge in [0, 0.05) is 0 Å². The summed E-state index contributed by atoms with van der Waals surface area (Å²) in [5.41, 5.74) is -1.58. The SMILES string of the molecule is COc1cccc(OC)c1C(C)(C=O)NC(=O)OC(C)(C)C. The molecule has 0 saturated heterocycles. The van der Waals surface area contributed by atoms with Crippen LogP contribution in [0.2, 0.25) is 0 Å². The van der Waals surface area contributed by atoms with E-state index in [1.165, 1.54) is 14.2 Å². The van der Waals surface area contributed by atoms with Gasteiger partial charge in [0.1, 0.15) is 28.9 Å². The van der Waals surface area contributed by atoms with Crippen molar-refractivity contribution in [2.45, 2.75) is 38.8 Å². The summed E-state index contributed by atoms with van der Waals surface area (Å²) in [5.74, 6) is 0.870. The van der Waals surface area contributed by atoms with Crippen LogP contribution in [0.4, 0.5) is 4.79 Å². The van der Waals surface area contributed by atoms with Crippen LogP contribution in [-0.4, -0.2) is 32.2 Å². The molecule has 0 aromatic heterocycles. The van der Waals surface area contributed by atoms with E-state index in [-0.39, 0.29) is 0 Å². The van der Waals surface area contributed by atoms with Crippen molar-refractivity contribution in [3.05, 3.63) is 23.8 Å². The Labute approximate surface area is 130 Å². The highest BCUT2D eigenvalue weighted by atomic mass is 16.6. The topological polar surface area (TPSA) is 73.9 Å². The van der Waals surface area contributed by atoms with Crippen molar-refractivity contribution in [1.82, 2.24) is 5.32 Å². The normalized spacial score (nSPS) is 13.7. The molecule has 0 spiro atoms. The van der Waals surface area contributed by atoms with Crippen LogP contribution < -0.4 is 14.8 Å². The standard InChI is InChI=1S/C16H23NO5/c1-15(2,3)22-14(19)17-16(4,10-18)13-11(20-5)8-7-9-12(13)21-6/h7-10H,1-6H3,(H,17,19). The third kappa shape index (κ3) is 4.13. The van der Waals surface area contributed by atoms with Crippen molar-refractivity contribution in [3.8, 4) is 11.5 Å². The summed E-state index contributed by atoms with van der Waals surface area (Å²) in [4.78, 5) is 23.7. The molecule has 1 amide bonds. The fraction of sp³-hybridized carbons (Fsp3) is 0.500. The minimum absolute atomic E-state index is 0.431. The van der Waals surface area contributed by atoms with Crippen LogP contribution in [0.5, 0.6) is 11.5 Å². The number of hydrogen-bond donors (Lipinski definition) is 1. The highest BCUT2D eigenvalue weighted by molar-refractivity contribution is 5.80. The van der Waals surface area contributed by atoms with E-state index in [9.17, 15) is 9.59 Å². The Balaban J connectivity index is 3.24. The first-order valence-corrected chi connectivity index (χ1v) is 6.86. The van der Waals surface area contributed by atoms with E-state index in [4.69, 9.17) is 14.2 Å². The van der Waals surface area contributed by atoms with Gasteiger partial charge < -0.3 is 24.3 Å². The highest BCUT2D eigenvalue weighted by Crippen LogP contribution is 2.36. The molecule has 1 unspecified atom stereocenters. The van der Waals surface area contributed by atoms with Gasteiger partial charge in [-0.3, -0.25) is 0 Å². The molecule has 1 aromatic carbocycles. The molecule has 0 aliphatic heterocycles. The number of amides is 1. The minimum atomic E-state index is -1.35. The summed E-state index contributed by atoms with van der Waals surface area (Å²) < 4.78 is 15.8. The van der Waals surface area contributed by atoms with Crippen LogP contribution in [0.25, 0.3) is 0 Å². The molecular weight excluding hydrogens is 286 g/mol. The van der Waals surface area contributed by atoms with Gasteiger partial charge in [-0.1, -0.05) is 6.07 Å². The van der Waals surface area contributed by atoms with E-state index >= 15 is 0 Å². The van der Waals surface area contributed by atoms with Gasteiger partial charge in [-0.15, -0.1) is 0 Å². The van der Waals surface area contributed by atoms with Crippen molar-refractivity contribution in [2.75, 3.05) is 14.2 Å². The number of carbonyl (C=O) groups is 2. The van der Waals surface area contributed by atoms with Crippen LogP contribution in [0.1, 0.15) is 33.3 Å². The lowest BCUT2D eigenvalue weighted by molar-refractivity contribution is -0.113. The summed E-state index contributed by atoms with van der Waals surface area (Å²) in [6, 6.07) is 5.12. The lowest BCUT2D eigenvalue weighted by Gasteiger charge is -2.30. The minimum Gasteiger partial charge on any atom is -0.496 e. The molecule has 6 heteroatoms. The van der Waals surface area contributed by atoms with Crippen molar-refractivity contribution < 1.29 is 23.8 Å². The first-order chi connectivity index (χ1) is 10.2. The fourth-order valence-electron chi connectivity index (χ4n) is 2.03. The number of methoxy groups -OCH3 is 2. The van der Waals surface area contributed by atoms with Crippen LogP contribution in [0.3, 0.4) is 0 Å². The molecule has 0 bridgehead atoms. The maximum absolute atomic E-state index is 12.0. The highest BCUT2D eigenvalue weighted by Gasteiger charge is 2.36. The lowest BCUT2D eigenvalue weighted by Crippen LogP contribution is -2.47. The number of benzene rings is 1. The zero-order valence-electron chi connectivity index (χ0n) is 13.9. The molecule has 22 heavy (non-hydrogen) atoms. The molecule has 0 heterocycles. The van der Waals surface area contributed by atoms with E-state index in [1.807, 2.05) is 0 Å². The summed E-state index contributed by atoms with van der Waals surface area (Å²) in [5, 5.41) is 2.58. The van der Waals surface area contributed by atoms with Crippen LogP contribution in [-0.2, 0) is 15.1 Å². The first kappa shape index (κ1) is 17.8. The molecule has 0 fully saturated rings. The second-order valence-corrected chi connectivity index (χ2v) is 5.98. The van der Waals surface area contributed by atoms with Gasteiger partial charge in [0.2, 0.25) is 0 Å². The maximum atomic E-state index is 12.0. The van der Waals surface area contributed by atoms with E-state index in [0.29, 0.717) is 23.3 Å². The molecule has 1 atom stereocenters. The Morgan fingerprint density at radius 1 is 1.09 bits per heavy atom. The molecule has 0 aliphatic carbocycles. The summed E-state index contributed by atoms with van der Waals surface area (Å²) in [6.45, 7) is 6.79. The van der Waals surface area contributed by atoms with E-state index < -0.39 is 17.2 Å². The maximum Gasteiger partial charge on any atom is 0.408 e. The van der Waals surface area contributed by atoms with Gasteiger partial charge in [0.05, 0.1) is 19.8 Å². The molecule has 0 radical (unpaired) electrons. The average Bonchev–Trinajstić information content (AvgIpc) is 2.43. The van der Waals surface area contributed by atoms with Crippen molar-refractivity contribution in [3.63, 3.8) is 0 Å². The molecule has 6 nitrogen and oxygen atoms in total. The van der Waals surface area contributed by atoms with E-state index in [1.54, 1.807) is 45.9 Å². The molecule has 0 saturated carbocycles. The van der Waals surface area contributed by atoms with Crippen molar-refractivity contribution >= 4 is 12.4 Å². The monoisotopic (exact) mass is 309 g/mol. The summed E-state index contributed by atoms with van der Waals surface area (Å²) in [6.07, 6.45) is -0.0767. The largest absolute Gasteiger partial charge is 0.496 e. The van der Waals surface area contributed by atoms with Gasteiger partial charge in [0.25, 0.3) is 0 Å². The van der Waals surface area contributed by atoms with Crippen molar-refractivity contribution in [2.24, 2.45) is 0 Å². The van der Waals surface area contributed by atoms with Gasteiger partial charge in [-0.25, -0.2) is 4.79 Å². The smallest absolute Gasteiger partial charge is 0.408 e. The quantitative estimate of drug-likeness (QED) is 0.846. The third-order valence-corrected chi connectivity index (χ3v) is 2.94. The Morgan fingerprint density at radius 3 is 1.95 bits per heavy atom. The number of nitrogens with one attached hydrogen (secondary N) is 1. The molecule has 0 aliphatic rings. The number of hydrogen-bond acceptors (Lipinski definition) is 5. The molecule has 1 N–H and O–H groups in total. The Morgan fingerprint density at radius 2 is 1.59 bits per heavy atom. The second kappa shape index (κ2) is 6.68. The molecule has 1 rings (SSSR count). The zero-order chi connectivity index (χ0) is 17.0. The number of carbonyl (C=O) groups excluding carboxylic acids is 2. The Hall–Kier alpha value is -2.24. The summed E-state index contributed by atoms with van der Waals surface area (Å²) in [7, 11) is 2.97. The van der Waals surface area contributed by atoms with Crippen molar-refractivity contribution in [1.29, 1.82) is 0 Å². The Kier molecular flexibility index (Phi) is 5.41. The number of rotatable bonds is 5. The number of alkyl carbamates (subject to hydrolysis) is 1. The van der Waals surface area contributed by atoms with Gasteiger partial charge >= 0.3 is 6.09 Å². The molecule has 122 valence electrons. The molecular formula is C16H23NO5. The van der Waals surface area contributed by atoms with Gasteiger partial charge in [-0.2, -0.15) is 0 Å². The Bertz CT molecular complexity index is 528. The number of aldehydes is 1. The van der Waals surface area contributed by atoms with Crippen LogP contribution in [0.15, 0.2) is 18.2 Å². The van der Waals surface area contributed by atoms with Gasteiger partial charge in [-0.05, 0) is 39.8 Å². The molecule has 1 aromatic rings. The van der Waals surface area contributed by atoms with E-state index in [0.717, 1.165) is 0 Å². The van der Waals surface area contributed by atoms with Crippen LogP contribution >= 0.6 is 0 Å². The average molecular weight is 309 g/mol. The predicted molar refractivity (Wildman–Crippen MR) is 82.3 cm³/mol. The fourth-order valence-corrected chi connectivity index (χ4v) is 2.03. The third-order valence-electron chi connectivity index (χ3n) is 2.94. The van der Waals surface area contributed by atoms with Gasteiger partial charge in [0.15, 0.2) is 0 Å². The lowest BCUT2D eigenvalue weighted by atomic mass is 9.91. The zero-order valence-corrected chi connectivity index (χ0v) is 13.9. The first-order valence-electron chi connectivity index (χ1n) is 6.86.